The first-order chi connectivity index (χ1) is 10.8. The van der Waals surface area contributed by atoms with Crippen LogP contribution in [0.15, 0.2) is 72.9 Å². The summed E-state index contributed by atoms with van der Waals surface area (Å²) in [4.78, 5) is 1.37. The quantitative estimate of drug-likeness (QED) is 0.456. The Labute approximate surface area is 134 Å². The third kappa shape index (κ3) is 2.46. The van der Waals surface area contributed by atoms with Crippen LogP contribution in [0.2, 0.25) is 0 Å². The molecule has 0 aliphatic rings. The van der Waals surface area contributed by atoms with E-state index >= 15 is 0 Å². The third-order valence-corrected chi connectivity index (χ3v) is 5.00. The van der Waals surface area contributed by atoms with Gasteiger partial charge in [-0.15, -0.1) is 11.3 Å². The van der Waals surface area contributed by atoms with Gasteiger partial charge >= 0.3 is 0 Å². The first-order valence-corrected chi connectivity index (χ1v) is 8.31. The van der Waals surface area contributed by atoms with Gasteiger partial charge in [-0.2, -0.15) is 0 Å². The van der Waals surface area contributed by atoms with Gasteiger partial charge in [-0.1, -0.05) is 54.6 Å². The summed E-state index contributed by atoms with van der Waals surface area (Å²) in [6.45, 7) is 3.10. The molecule has 2 heteroatoms. The van der Waals surface area contributed by atoms with Crippen molar-refractivity contribution in [1.29, 1.82) is 0 Å². The monoisotopic (exact) mass is 303 g/mol. The largest absolute Gasteiger partial charge is 0.342 e. The standard InChI is InChI=1S/C20H17NS/c1-15-13-19-20(22-15)11-12-21(19)14-16-7-9-18(10-8-16)17-5-3-2-4-6-17/h2-13H,14H2,1H3. The number of nitrogens with zero attached hydrogens (tertiary/aromatic N) is 1. The molecule has 0 amide bonds. The van der Waals surface area contributed by atoms with Crippen LogP contribution in [0.5, 0.6) is 0 Å². The molecule has 0 N–H and O–H groups in total. The van der Waals surface area contributed by atoms with E-state index in [1.165, 1.54) is 31.8 Å². The van der Waals surface area contributed by atoms with E-state index in [2.05, 4.69) is 84.4 Å². The fraction of sp³-hybridized carbons (Fsp3) is 0.100. The number of hydrogen-bond acceptors (Lipinski definition) is 1. The lowest BCUT2D eigenvalue weighted by Gasteiger charge is -2.07. The van der Waals surface area contributed by atoms with Crippen molar-refractivity contribution in [2.24, 2.45) is 0 Å². The maximum absolute atomic E-state index is 2.33. The molecule has 0 radical (unpaired) electrons. The van der Waals surface area contributed by atoms with Crippen molar-refractivity contribution in [3.05, 3.63) is 83.4 Å². The van der Waals surface area contributed by atoms with Crippen molar-refractivity contribution < 1.29 is 0 Å². The molecule has 0 fully saturated rings. The van der Waals surface area contributed by atoms with E-state index in [1.54, 1.807) is 0 Å². The van der Waals surface area contributed by atoms with Gasteiger partial charge in [0.05, 0.1) is 10.2 Å². The summed E-state index contributed by atoms with van der Waals surface area (Å²) in [5, 5.41) is 0. The van der Waals surface area contributed by atoms with Crippen molar-refractivity contribution in [3.63, 3.8) is 0 Å². The second-order valence-corrected chi connectivity index (χ2v) is 6.90. The van der Waals surface area contributed by atoms with Crippen molar-refractivity contribution >= 4 is 21.6 Å². The van der Waals surface area contributed by atoms with Crippen LogP contribution in [0.1, 0.15) is 10.4 Å². The molecule has 0 atom stereocenters. The van der Waals surface area contributed by atoms with Gasteiger partial charge in [-0.05, 0) is 35.7 Å². The Kier molecular flexibility index (Phi) is 3.32. The fourth-order valence-electron chi connectivity index (χ4n) is 2.87. The minimum atomic E-state index is 0.925. The molecule has 1 nitrogen and oxygen atoms in total. The Bertz CT molecular complexity index is 898. The molecular formula is C20H17NS. The van der Waals surface area contributed by atoms with Crippen molar-refractivity contribution in [1.82, 2.24) is 4.57 Å². The van der Waals surface area contributed by atoms with E-state index in [0.717, 1.165) is 6.54 Å². The normalized spacial score (nSPS) is 11.1. The Morgan fingerprint density at radius 3 is 2.36 bits per heavy atom. The topological polar surface area (TPSA) is 4.93 Å². The van der Waals surface area contributed by atoms with E-state index in [0.29, 0.717) is 0 Å². The second kappa shape index (κ2) is 5.47. The van der Waals surface area contributed by atoms with Gasteiger partial charge in [-0.3, -0.25) is 0 Å². The predicted octanol–water partition coefficient (Wildman–Crippen LogP) is 5.73. The molecular weight excluding hydrogens is 286 g/mol. The minimum absolute atomic E-state index is 0.925. The van der Waals surface area contributed by atoms with E-state index in [1.807, 2.05) is 11.3 Å². The zero-order valence-electron chi connectivity index (χ0n) is 12.5. The van der Waals surface area contributed by atoms with E-state index in [9.17, 15) is 0 Å². The molecule has 0 saturated heterocycles. The molecule has 4 rings (SSSR count). The van der Waals surface area contributed by atoms with Crippen LogP contribution in [0.4, 0.5) is 0 Å². The van der Waals surface area contributed by atoms with Crippen molar-refractivity contribution in [3.8, 4) is 11.1 Å². The minimum Gasteiger partial charge on any atom is -0.342 e. The first kappa shape index (κ1) is 13.4. The highest BCUT2D eigenvalue weighted by atomic mass is 32.1. The fourth-order valence-corrected chi connectivity index (χ4v) is 3.80. The summed E-state index contributed by atoms with van der Waals surface area (Å²) in [6.07, 6.45) is 2.19. The van der Waals surface area contributed by atoms with Crippen LogP contribution < -0.4 is 0 Å². The van der Waals surface area contributed by atoms with Crippen LogP contribution in [-0.4, -0.2) is 4.57 Å². The summed E-state index contributed by atoms with van der Waals surface area (Å²) in [7, 11) is 0. The zero-order valence-corrected chi connectivity index (χ0v) is 13.3. The summed E-state index contributed by atoms with van der Waals surface area (Å²) in [5.41, 5.74) is 5.22. The summed E-state index contributed by atoms with van der Waals surface area (Å²) < 4.78 is 3.70. The lowest BCUT2D eigenvalue weighted by atomic mass is 10.0. The first-order valence-electron chi connectivity index (χ1n) is 7.49. The number of hydrogen-bond donors (Lipinski definition) is 0. The third-order valence-electron chi connectivity index (χ3n) is 3.99. The molecule has 4 aromatic rings. The van der Waals surface area contributed by atoms with Gasteiger partial charge in [-0.25, -0.2) is 0 Å². The number of thiophene rings is 1. The number of rotatable bonds is 3. The zero-order chi connectivity index (χ0) is 14.9. The molecule has 108 valence electrons. The average Bonchev–Trinajstić information content (AvgIpc) is 3.09. The number of aryl methyl sites for hydroxylation is 1. The molecule has 0 spiro atoms. The highest BCUT2D eigenvalue weighted by Crippen LogP contribution is 2.27. The number of aromatic nitrogens is 1. The predicted molar refractivity (Wildman–Crippen MR) is 95.5 cm³/mol. The lowest BCUT2D eigenvalue weighted by molar-refractivity contribution is 0.837. The molecule has 2 aromatic heterocycles. The maximum Gasteiger partial charge on any atom is 0.0595 e. The number of fused-ring (bicyclic) bond motifs is 1. The van der Waals surface area contributed by atoms with Crippen LogP contribution in [0.25, 0.3) is 21.3 Å². The maximum atomic E-state index is 2.33. The summed E-state index contributed by atoms with van der Waals surface area (Å²) in [5.74, 6) is 0. The molecule has 0 aliphatic carbocycles. The van der Waals surface area contributed by atoms with Gasteiger partial charge in [0, 0.05) is 17.6 Å². The van der Waals surface area contributed by atoms with Gasteiger partial charge in [0.25, 0.3) is 0 Å². The highest BCUT2D eigenvalue weighted by molar-refractivity contribution is 7.18. The van der Waals surface area contributed by atoms with Crippen LogP contribution in [0, 0.1) is 6.92 Å². The number of benzene rings is 2. The molecule has 0 aliphatic heterocycles. The smallest absolute Gasteiger partial charge is 0.0595 e. The molecule has 0 saturated carbocycles. The lowest BCUT2D eigenvalue weighted by Crippen LogP contribution is -1.97. The van der Waals surface area contributed by atoms with Gasteiger partial charge < -0.3 is 4.57 Å². The summed E-state index contributed by atoms with van der Waals surface area (Å²) >= 11 is 1.86. The van der Waals surface area contributed by atoms with E-state index in [4.69, 9.17) is 0 Å². The van der Waals surface area contributed by atoms with Gasteiger partial charge in [0.15, 0.2) is 0 Å². The van der Waals surface area contributed by atoms with Gasteiger partial charge in [0.2, 0.25) is 0 Å². The SMILES string of the molecule is Cc1cc2c(ccn2Cc2ccc(-c3ccccc3)cc2)s1. The van der Waals surface area contributed by atoms with Crippen LogP contribution in [0.3, 0.4) is 0 Å². The van der Waals surface area contributed by atoms with E-state index in [-0.39, 0.29) is 0 Å². The van der Waals surface area contributed by atoms with E-state index < -0.39 is 0 Å². The Morgan fingerprint density at radius 2 is 1.59 bits per heavy atom. The average molecular weight is 303 g/mol. The molecule has 0 unspecified atom stereocenters. The van der Waals surface area contributed by atoms with Crippen molar-refractivity contribution in [2.45, 2.75) is 13.5 Å². The molecule has 2 heterocycles. The van der Waals surface area contributed by atoms with Gasteiger partial charge in [0.1, 0.15) is 0 Å². The molecule has 2 aromatic carbocycles. The highest BCUT2D eigenvalue weighted by Gasteiger charge is 2.05. The Balaban J connectivity index is 1.61. The van der Waals surface area contributed by atoms with Crippen LogP contribution >= 0.6 is 11.3 Å². The molecule has 22 heavy (non-hydrogen) atoms. The summed E-state index contributed by atoms with van der Waals surface area (Å²) in [6, 6.07) is 23.9. The Hall–Kier alpha value is -2.32. The van der Waals surface area contributed by atoms with Crippen molar-refractivity contribution in [2.75, 3.05) is 0 Å². The Morgan fingerprint density at radius 1 is 0.864 bits per heavy atom. The molecule has 0 bridgehead atoms. The van der Waals surface area contributed by atoms with Crippen LogP contribution in [-0.2, 0) is 6.54 Å². The second-order valence-electron chi connectivity index (χ2n) is 5.61.